The average molecular weight is 280 g/mol. The van der Waals surface area contributed by atoms with Crippen LogP contribution in [0, 0.1) is 0 Å². The van der Waals surface area contributed by atoms with Gasteiger partial charge < -0.3 is 5.11 Å². The predicted octanol–water partition coefficient (Wildman–Crippen LogP) is 0.584. The molecule has 100 valence electrons. The van der Waals surface area contributed by atoms with Gasteiger partial charge in [-0.3, -0.25) is 4.57 Å². The van der Waals surface area contributed by atoms with E-state index < -0.39 is 5.97 Å². The van der Waals surface area contributed by atoms with Crippen LogP contribution in [-0.2, 0) is 19.5 Å². The summed E-state index contributed by atoms with van der Waals surface area (Å²) in [5, 5.41) is 14.8. The molecule has 19 heavy (non-hydrogen) atoms. The van der Waals surface area contributed by atoms with E-state index in [1.54, 1.807) is 9.95 Å². The maximum atomic E-state index is 12.1. The fourth-order valence-electron chi connectivity index (χ4n) is 2.18. The molecular weight excluding hydrogens is 268 g/mol. The molecule has 0 saturated carbocycles. The summed E-state index contributed by atoms with van der Waals surface area (Å²) in [5.41, 5.74) is 0.416. The number of aromatic carboxylic acids is 1. The van der Waals surface area contributed by atoms with Gasteiger partial charge in [0.2, 0.25) is 5.01 Å². The molecule has 0 unspecified atom stereocenters. The van der Waals surface area contributed by atoms with Crippen LogP contribution >= 0.6 is 11.3 Å². The Labute approximate surface area is 112 Å². The minimum atomic E-state index is -1.05. The molecule has 1 aliphatic rings. The molecule has 0 saturated heterocycles. The lowest BCUT2D eigenvalue weighted by Gasteiger charge is -2.09. The van der Waals surface area contributed by atoms with Gasteiger partial charge in [0.05, 0.1) is 12.2 Å². The van der Waals surface area contributed by atoms with Crippen LogP contribution < -0.4 is 5.69 Å². The first-order valence-corrected chi connectivity index (χ1v) is 6.87. The number of carbonyl (C=O) groups is 1. The second kappa shape index (κ2) is 4.61. The fourth-order valence-corrected chi connectivity index (χ4v) is 2.83. The molecule has 0 atom stereocenters. The molecule has 0 amide bonds. The van der Waals surface area contributed by atoms with Crippen LogP contribution in [0.2, 0.25) is 0 Å². The number of rotatable bonds is 3. The molecule has 0 bridgehead atoms. The van der Waals surface area contributed by atoms with E-state index in [4.69, 9.17) is 5.11 Å². The summed E-state index contributed by atoms with van der Waals surface area (Å²) in [6.07, 6.45) is 2.87. The molecule has 2 aromatic heterocycles. The van der Waals surface area contributed by atoms with E-state index in [-0.39, 0.29) is 17.2 Å². The van der Waals surface area contributed by atoms with Gasteiger partial charge in [-0.15, -0.1) is 11.3 Å². The minimum Gasteiger partial charge on any atom is -0.476 e. The number of hydrogen-bond acceptors (Lipinski definition) is 5. The lowest BCUT2D eigenvalue weighted by Crippen LogP contribution is -2.27. The number of carboxylic acid groups (broad SMARTS) is 1. The van der Waals surface area contributed by atoms with Crippen molar-refractivity contribution in [3.8, 4) is 0 Å². The summed E-state index contributed by atoms with van der Waals surface area (Å²) in [6.45, 7) is 0.939. The number of fused-ring (bicyclic) bond motifs is 1. The molecule has 3 heterocycles. The van der Waals surface area contributed by atoms with Crippen molar-refractivity contribution in [3.63, 3.8) is 0 Å². The molecular formula is C11H12N4O3S. The number of thiazole rings is 1. The lowest BCUT2D eigenvalue weighted by molar-refractivity contribution is 0.0696. The third kappa shape index (κ3) is 2.19. The third-order valence-electron chi connectivity index (χ3n) is 3.08. The van der Waals surface area contributed by atoms with Crippen molar-refractivity contribution in [1.29, 1.82) is 0 Å². The van der Waals surface area contributed by atoms with Crippen molar-refractivity contribution in [2.75, 3.05) is 0 Å². The van der Waals surface area contributed by atoms with E-state index in [2.05, 4.69) is 10.1 Å². The standard InChI is InChI=1S/C11H12N4O3S/c16-10(17)9-12-7(6-19-9)5-15-11(18)14-4-2-1-3-8(14)13-15/h6H,1-5H2,(H,16,17). The Kier molecular flexibility index (Phi) is 2.94. The maximum Gasteiger partial charge on any atom is 0.365 e. The smallest absolute Gasteiger partial charge is 0.365 e. The molecule has 1 N–H and O–H groups in total. The Morgan fingerprint density at radius 1 is 1.47 bits per heavy atom. The van der Waals surface area contributed by atoms with Crippen LogP contribution in [0.5, 0.6) is 0 Å². The van der Waals surface area contributed by atoms with Gasteiger partial charge in [0.15, 0.2) is 0 Å². The van der Waals surface area contributed by atoms with Gasteiger partial charge >= 0.3 is 11.7 Å². The van der Waals surface area contributed by atoms with E-state index in [1.807, 2.05) is 0 Å². The van der Waals surface area contributed by atoms with Gasteiger partial charge in [0.1, 0.15) is 5.82 Å². The molecule has 1 aliphatic heterocycles. The third-order valence-corrected chi connectivity index (χ3v) is 3.96. The quantitative estimate of drug-likeness (QED) is 0.888. The van der Waals surface area contributed by atoms with E-state index in [0.717, 1.165) is 36.4 Å². The van der Waals surface area contributed by atoms with Crippen molar-refractivity contribution in [1.82, 2.24) is 19.3 Å². The Bertz CT molecular complexity index is 684. The summed E-state index contributed by atoms with van der Waals surface area (Å²) < 4.78 is 3.05. The molecule has 0 radical (unpaired) electrons. The number of aromatic nitrogens is 4. The summed E-state index contributed by atoms with van der Waals surface area (Å²) >= 11 is 1.06. The molecule has 3 rings (SSSR count). The first-order valence-electron chi connectivity index (χ1n) is 5.99. The van der Waals surface area contributed by atoms with Crippen LogP contribution in [0.1, 0.15) is 34.2 Å². The fraction of sp³-hybridized carbons (Fsp3) is 0.455. The van der Waals surface area contributed by atoms with E-state index in [0.29, 0.717) is 12.2 Å². The van der Waals surface area contributed by atoms with Crippen LogP contribution in [0.15, 0.2) is 10.2 Å². The SMILES string of the molecule is O=C(O)c1nc(Cn2nc3n(c2=O)CCCC3)cs1. The van der Waals surface area contributed by atoms with E-state index in [1.165, 1.54) is 4.68 Å². The van der Waals surface area contributed by atoms with Gasteiger partial charge in [-0.1, -0.05) is 0 Å². The first kappa shape index (κ1) is 12.1. The summed E-state index contributed by atoms with van der Waals surface area (Å²) in [6, 6.07) is 0. The van der Waals surface area contributed by atoms with E-state index >= 15 is 0 Å². The molecule has 0 spiro atoms. The number of nitrogens with zero attached hydrogens (tertiary/aromatic N) is 4. The largest absolute Gasteiger partial charge is 0.476 e. The highest BCUT2D eigenvalue weighted by molar-refractivity contribution is 7.11. The molecule has 0 aliphatic carbocycles. The summed E-state index contributed by atoms with van der Waals surface area (Å²) in [5.74, 6) is -0.238. The molecule has 8 heteroatoms. The molecule has 0 fully saturated rings. The zero-order chi connectivity index (χ0) is 13.4. The zero-order valence-corrected chi connectivity index (χ0v) is 10.9. The second-order valence-electron chi connectivity index (χ2n) is 4.41. The highest BCUT2D eigenvalue weighted by atomic mass is 32.1. The van der Waals surface area contributed by atoms with Gasteiger partial charge in [-0.05, 0) is 12.8 Å². The highest BCUT2D eigenvalue weighted by Crippen LogP contribution is 2.12. The van der Waals surface area contributed by atoms with Crippen LogP contribution in [0.25, 0.3) is 0 Å². The van der Waals surface area contributed by atoms with Crippen molar-refractivity contribution < 1.29 is 9.90 Å². The maximum absolute atomic E-state index is 12.1. The Hall–Kier alpha value is -1.96. The van der Waals surface area contributed by atoms with Gasteiger partial charge in [0.25, 0.3) is 0 Å². The van der Waals surface area contributed by atoms with Crippen molar-refractivity contribution in [2.24, 2.45) is 0 Å². The zero-order valence-electron chi connectivity index (χ0n) is 10.1. The highest BCUT2D eigenvalue weighted by Gasteiger charge is 2.17. The number of aryl methyl sites for hydroxylation is 1. The summed E-state index contributed by atoms with van der Waals surface area (Å²) in [7, 11) is 0. The van der Waals surface area contributed by atoms with Gasteiger partial charge in [-0.25, -0.2) is 19.3 Å². The summed E-state index contributed by atoms with van der Waals surface area (Å²) in [4.78, 5) is 26.8. The molecule has 2 aromatic rings. The van der Waals surface area contributed by atoms with Gasteiger partial charge in [-0.2, -0.15) is 5.10 Å². The topological polar surface area (TPSA) is 90.0 Å². The monoisotopic (exact) mass is 280 g/mol. The number of hydrogen-bond donors (Lipinski definition) is 1. The second-order valence-corrected chi connectivity index (χ2v) is 5.27. The predicted molar refractivity (Wildman–Crippen MR) is 67.6 cm³/mol. The van der Waals surface area contributed by atoms with Crippen molar-refractivity contribution in [3.05, 3.63) is 32.4 Å². The van der Waals surface area contributed by atoms with Gasteiger partial charge in [0, 0.05) is 18.3 Å². The van der Waals surface area contributed by atoms with Crippen molar-refractivity contribution in [2.45, 2.75) is 32.4 Å². The van der Waals surface area contributed by atoms with Crippen LogP contribution in [0.3, 0.4) is 0 Å². The van der Waals surface area contributed by atoms with Crippen LogP contribution in [-0.4, -0.2) is 30.4 Å². The van der Waals surface area contributed by atoms with E-state index in [9.17, 15) is 9.59 Å². The Balaban J connectivity index is 1.88. The normalized spacial score (nSPS) is 14.3. The minimum absolute atomic E-state index is 0.0343. The Morgan fingerprint density at radius 2 is 2.32 bits per heavy atom. The van der Waals surface area contributed by atoms with Crippen LogP contribution in [0.4, 0.5) is 0 Å². The first-order chi connectivity index (χ1) is 9.15. The number of carboxylic acids is 1. The Morgan fingerprint density at radius 3 is 3.00 bits per heavy atom. The van der Waals surface area contributed by atoms with Crippen molar-refractivity contribution >= 4 is 17.3 Å². The lowest BCUT2D eigenvalue weighted by atomic mass is 10.2. The average Bonchev–Trinajstić information content (AvgIpc) is 2.97. The molecule has 7 nitrogen and oxygen atoms in total. The molecule has 0 aromatic carbocycles.